The molecule has 2 aromatic rings. The first-order valence-corrected chi connectivity index (χ1v) is 7.91. The van der Waals surface area contributed by atoms with Gasteiger partial charge in [-0.2, -0.15) is 0 Å². The highest BCUT2D eigenvalue weighted by Crippen LogP contribution is 2.33. The van der Waals surface area contributed by atoms with Crippen LogP contribution in [-0.2, 0) is 4.79 Å². The van der Waals surface area contributed by atoms with Gasteiger partial charge < -0.3 is 4.42 Å². The van der Waals surface area contributed by atoms with E-state index in [2.05, 4.69) is 0 Å². The number of nitrogens with zero attached hydrogens (tertiary/aromatic N) is 2. The molecule has 0 radical (unpaired) electrons. The summed E-state index contributed by atoms with van der Waals surface area (Å²) in [5, 5.41) is 10.5. The quantitative estimate of drug-likeness (QED) is 0.474. The summed E-state index contributed by atoms with van der Waals surface area (Å²) >= 11 is 0.862. The van der Waals surface area contributed by atoms with Crippen molar-refractivity contribution in [2.75, 3.05) is 6.54 Å². The molecule has 1 fully saturated rings. The van der Waals surface area contributed by atoms with Gasteiger partial charge in [-0.15, -0.1) is 0 Å². The van der Waals surface area contributed by atoms with Crippen molar-refractivity contribution in [2.45, 2.75) is 6.92 Å². The van der Waals surface area contributed by atoms with E-state index in [0.29, 0.717) is 28.5 Å². The molecule has 2 heterocycles. The number of thioether (sulfide) groups is 1. The minimum Gasteiger partial charge on any atom is -0.457 e. The van der Waals surface area contributed by atoms with Crippen LogP contribution in [0.5, 0.6) is 0 Å². The van der Waals surface area contributed by atoms with Crippen LogP contribution in [0, 0.1) is 10.1 Å². The monoisotopic (exact) mass is 344 g/mol. The van der Waals surface area contributed by atoms with Crippen LogP contribution in [0.2, 0.25) is 0 Å². The standard InChI is InChI=1S/C16H12N2O5S/c1-2-17-15(19)14(24-16(17)20)9-12-6-7-13(23-12)10-4-3-5-11(8-10)18(21)22/h3-9H,2H2,1H3. The molecule has 1 saturated heterocycles. The number of hydrogen-bond donors (Lipinski definition) is 0. The topological polar surface area (TPSA) is 93.7 Å². The smallest absolute Gasteiger partial charge is 0.293 e. The first-order chi connectivity index (χ1) is 11.5. The van der Waals surface area contributed by atoms with Gasteiger partial charge >= 0.3 is 0 Å². The molecule has 2 amide bonds. The Morgan fingerprint density at radius 3 is 2.75 bits per heavy atom. The molecule has 1 aromatic heterocycles. The Labute approximate surface area is 141 Å². The number of nitro groups is 1. The zero-order valence-electron chi connectivity index (χ0n) is 12.6. The van der Waals surface area contributed by atoms with Gasteiger partial charge in [0.2, 0.25) is 0 Å². The Balaban J connectivity index is 1.88. The van der Waals surface area contributed by atoms with Crippen molar-refractivity contribution in [3.05, 3.63) is 57.2 Å². The van der Waals surface area contributed by atoms with Gasteiger partial charge in [0.1, 0.15) is 11.5 Å². The van der Waals surface area contributed by atoms with Crippen molar-refractivity contribution in [3.8, 4) is 11.3 Å². The van der Waals surface area contributed by atoms with Crippen LogP contribution in [0.4, 0.5) is 10.5 Å². The van der Waals surface area contributed by atoms with Crippen LogP contribution in [0.15, 0.2) is 45.7 Å². The molecule has 3 rings (SSSR count). The van der Waals surface area contributed by atoms with Gasteiger partial charge in [0.25, 0.3) is 16.8 Å². The fraction of sp³-hybridized carbons (Fsp3) is 0.125. The Morgan fingerprint density at radius 1 is 1.29 bits per heavy atom. The largest absolute Gasteiger partial charge is 0.457 e. The Morgan fingerprint density at radius 2 is 2.08 bits per heavy atom. The summed E-state index contributed by atoms with van der Waals surface area (Å²) in [6.07, 6.45) is 1.50. The molecule has 0 aliphatic carbocycles. The van der Waals surface area contributed by atoms with Gasteiger partial charge in [0.05, 0.1) is 9.83 Å². The lowest BCUT2D eigenvalue weighted by atomic mass is 10.1. The van der Waals surface area contributed by atoms with E-state index in [1.807, 2.05) is 0 Å². The third-order valence-corrected chi connectivity index (χ3v) is 4.34. The number of rotatable bonds is 4. The van der Waals surface area contributed by atoms with Crippen LogP contribution >= 0.6 is 11.8 Å². The number of hydrogen-bond acceptors (Lipinski definition) is 6. The Hall–Kier alpha value is -2.87. The molecule has 1 aromatic carbocycles. The van der Waals surface area contributed by atoms with E-state index in [9.17, 15) is 19.7 Å². The van der Waals surface area contributed by atoms with Crippen LogP contribution in [0.3, 0.4) is 0 Å². The number of benzene rings is 1. The van der Waals surface area contributed by atoms with Crippen LogP contribution in [0.25, 0.3) is 17.4 Å². The summed E-state index contributed by atoms with van der Waals surface area (Å²) in [6, 6.07) is 9.38. The molecule has 0 atom stereocenters. The number of carbonyl (C=O) groups is 2. The van der Waals surface area contributed by atoms with Crippen molar-refractivity contribution in [3.63, 3.8) is 0 Å². The maximum Gasteiger partial charge on any atom is 0.293 e. The maximum atomic E-state index is 12.0. The molecular formula is C16H12N2O5S. The summed E-state index contributed by atoms with van der Waals surface area (Å²) in [5.74, 6) is 0.499. The van der Waals surface area contributed by atoms with Crippen molar-refractivity contribution in [2.24, 2.45) is 0 Å². The summed E-state index contributed by atoms with van der Waals surface area (Å²) < 4.78 is 5.62. The van der Waals surface area contributed by atoms with Crippen molar-refractivity contribution < 1.29 is 18.9 Å². The zero-order chi connectivity index (χ0) is 17.3. The van der Waals surface area contributed by atoms with Gasteiger partial charge in [-0.3, -0.25) is 24.6 Å². The molecule has 7 nitrogen and oxygen atoms in total. The van der Waals surface area contributed by atoms with Gasteiger partial charge in [-0.25, -0.2) is 0 Å². The summed E-state index contributed by atoms with van der Waals surface area (Å²) in [7, 11) is 0. The minimum atomic E-state index is -0.478. The highest BCUT2D eigenvalue weighted by Gasteiger charge is 2.33. The number of amides is 2. The second kappa shape index (κ2) is 6.32. The third kappa shape index (κ3) is 2.95. The molecule has 0 unspecified atom stereocenters. The number of non-ortho nitro benzene ring substituents is 1. The second-order valence-corrected chi connectivity index (χ2v) is 5.93. The SMILES string of the molecule is CCN1C(=O)SC(=Cc2ccc(-c3cccc([N+](=O)[O-])c3)o2)C1=O. The van der Waals surface area contributed by atoms with E-state index >= 15 is 0 Å². The van der Waals surface area contributed by atoms with E-state index < -0.39 is 4.92 Å². The fourth-order valence-corrected chi connectivity index (χ4v) is 3.14. The van der Waals surface area contributed by atoms with Crippen LogP contribution in [-0.4, -0.2) is 27.5 Å². The third-order valence-electron chi connectivity index (χ3n) is 3.43. The van der Waals surface area contributed by atoms with Gasteiger partial charge in [0, 0.05) is 30.3 Å². The first-order valence-electron chi connectivity index (χ1n) is 7.09. The maximum absolute atomic E-state index is 12.0. The van der Waals surface area contributed by atoms with E-state index in [1.165, 1.54) is 18.2 Å². The number of imide groups is 1. The lowest BCUT2D eigenvalue weighted by molar-refractivity contribution is -0.384. The predicted octanol–water partition coefficient (Wildman–Crippen LogP) is 3.91. The molecule has 24 heavy (non-hydrogen) atoms. The van der Waals surface area contributed by atoms with Crippen molar-refractivity contribution in [1.82, 2.24) is 4.90 Å². The average Bonchev–Trinajstić information content (AvgIpc) is 3.13. The summed E-state index contributed by atoms with van der Waals surface area (Å²) in [4.78, 5) is 35.5. The number of likely N-dealkylation sites (N-methyl/N-ethyl adjacent to an activating group) is 1. The lowest BCUT2D eigenvalue weighted by Gasteiger charge is -2.06. The number of nitro benzene ring substituents is 1. The van der Waals surface area contributed by atoms with E-state index in [1.54, 1.807) is 31.2 Å². The van der Waals surface area contributed by atoms with Gasteiger partial charge in [-0.05, 0) is 30.8 Å². The zero-order valence-corrected chi connectivity index (χ0v) is 13.4. The summed E-state index contributed by atoms with van der Waals surface area (Å²) in [5.41, 5.74) is 0.528. The number of carbonyl (C=O) groups excluding carboxylic acids is 2. The average molecular weight is 344 g/mol. The highest BCUT2D eigenvalue weighted by atomic mass is 32.2. The molecule has 0 N–H and O–H groups in total. The van der Waals surface area contributed by atoms with E-state index in [4.69, 9.17) is 4.42 Å². The number of furan rings is 1. The Kier molecular flexibility index (Phi) is 4.22. The van der Waals surface area contributed by atoms with E-state index in [-0.39, 0.29) is 16.8 Å². The normalized spacial score (nSPS) is 16.2. The molecule has 1 aliphatic heterocycles. The minimum absolute atomic E-state index is 0.0329. The molecule has 0 saturated carbocycles. The molecular weight excluding hydrogens is 332 g/mol. The molecule has 0 bridgehead atoms. The summed E-state index contributed by atoms with van der Waals surface area (Å²) in [6.45, 7) is 2.05. The molecule has 8 heteroatoms. The van der Waals surface area contributed by atoms with Gasteiger partial charge in [-0.1, -0.05) is 12.1 Å². The first kappa shape index (κ1) is 16.0. The fourth-order valence-electron chi connectivity index (χ4n) is 2.26. The highest BCUT2D eigenvalue weighted by molar-refractivity contribution is 8.18. The molecule has 122 valence electrons. The van der Waals surface area contributed by atoms with Gasteiger partial charge in [0.15, 0.2) is 0 Å². The second-order valence-electron chi connectivity index (χ2n) is 4.94. The van der Waals surface area contributed by atoms with Crippen LogP contribution < -0.4 is 0 Å². The molecule has 1 aliphatic rings. The molecule has 0 spiro atoms. The van der Waals surface area contributed by atoms with E-state index in [0.717, 1.165) is 16.7 Å². The lowest BCUT2D eigenvalue weighted by Crippen LogP contribution is -2.27. The van der Waals surface area contributed by atoms with Crippen LogP contribution in [0.1, 0.15) is 12.7 Å². The van der Waals surface area contributed by atoms with Crippen molar-refractivity contribution in [1.29, 1.82) is 0 Å². The predicted molar refractivity (Wildman–Crippen MR) is 89.1 cm³/mol. The Bertz CT molecular complexity index is 871. The van der Waals surface area contributed by atoms with Crippen molar-refractivity contribution >= 4 is 34.7 Å².